The first-order valence-corrected chi connectivity index (χ1v) is 5.89. The number of rotatable bonds is 5. The molecule has 110 valence electrons. The minimum absolute atomic E-state index is 0.0160. The largest absolute Gasteiger partial charge is 0.393 e. The topological polar surface area (TPSA) is 139 Å². The van der Waals surface area contributed by atoms with E-state index in [0.29, 0.717) is 5.56 Å². The van der Waals surface area contributed by atoms with Gasteiger partial charge in [0.1, 0.15) is 17.9 Å². The molecule has 0 saturated heterocycles. The number of amides is 1. The van der Waals surface area contributed by atoms with E-state index in [1.54, 1.807) is 6.92 Å². The molecular weight excluding hydrogens is 266 g/mol. The Labute approximate surface area is 115 Å². The molecule has 8 nitrogen and oxygen atoms in total. The Balaban J connectivity index is 3.01. The number of nitro benzene ring substituents is 1. The molecule has 0 aliphatic rings. The summed E-state index contributed by atoms with van der Waals surface area (Å²) in [5, 5.41) is 32.9. The number of nitro groups is 1. The van der Waals surface area contributed by atoms with Crippen LogP contribution in [0.4, 0.5) is 11.4 Å². The van der Waals surface area contributed by atoms with Gasteiger partial charge in [-0.05, 0) is 18.1 Å². The number of carbonyl (C=O) groups excluding carboxylic acids is 1. The van der Waals surface area contributed by atoms with Crippen LogP contribution in [0.3, 0.4) is 0 Å². The Morgan fingerprint density at radius 3 is 2.60 bits per heavy atom. The summed E-state index contributed by atoms with van der Waals surface area (Å²) in [4.78, 5) is 20.9. The molecule has 0 heterocycles. The van der Waals surface area contributed by atoms with Crippen molar-refractivity contribution >= 4 is 17.3 Å². The van der Waals surface area contributed by atoms with Crippen molar-refractivity contribution in [3.63, 3.8) is 0 Å². The van der Waals surface area contributed by atoms with Gasteiger partial charge in [-0.2, -0.15) is 0 Å². The number of nitrogens with zero attached hydrogens (tertiary/aromatic N) is 1. The van der Waals surface area contributed by atoms with Crippen molar-refractivity contribution in [3.05, 3.63) is 33.4 Å². The molecule has 0 radical (unpaired) electrons. The molecular formula is C12H17N3O5. The number of aryl methyl sites for hydroxylation is 1. The molecule has 20 heavy (non-hydrogen) atoms. The number of hydrogen-bond donors (Lipinski definition) is 4. The highest BCUT2D eigenvalue weighted by atomic mass is 16.6. The quantitative estimate of drug-likeness (QED) is 0.341. The van der Waals surface area contributed by atoms with E-state index < -0.39 is 17.1 Å². The predicted octanol–water partition coefficient (Wildman–Crippen LogP) is 0.0158. The number of nitrogens with two attached hydrogens (primary N) is 1. The Morgan fingerprint density at radius 2 is 2.10 bits per heavy atom. The summed E-state index contributed by atoms with van der Waals surface area (Å²) in [5.41, 5.74) is 5.87. The number of anilines is 1. The maximum atomic E-state index is 10.9. The highest BCUT2D eigenvalue weighted by Crippen LogP contribution is 2.30. The third-order valence-electron chi connectivity index (χ3n) is 2.85. The van der Waals surface area contributed by atoms with Crippen molar-refractivity contribution in [1.82, 2.24) is 5.32 Å². The average molecular weight is 283 g/mol. The Bertz CT molecular complexity index is 532. The number of carbonyl (C=O) groups is 1. The molecule has 0 spiro atoms. The first-order chi connectivity index (χ1) is 9.23. The van der Waals surface area contributed by atoms with Crippen molar-refractivity contribution in [2.24, 2.45) is 0 Å². The van der Waals surface area contributed by atoms with E-state index in [1.165, 1.54) is 13.0 Å². The summed E-state index contributed by atoms with van der Waals surface area (Å²) >= 11 is 0. The van der Waals surface area contributed by atoms with Crippen LogP contribution in [-0.2, 0) is 4.79 Å². The lowest BCUT2D eigenvalue weighted by atomic mass is 10.00. The molecule has 0 aliphatic carbocycles. The highest BCUT2D eigenvalue weighted by molar-refractivity contribution is 5.72. The van der Waals surface area contributed by atoms with E-state index in [9.17, 15) is 25.1 Å². The van der Waals surface area contributed by atoms with Crippen LogP contribution >= 0.6 is 0 Å². The minimum Gasteiger partial charge on any atom is -0.393 e. The van der Waals surface area contributed by atoms with Crippen LogP contribution in [0.1, 0.15) is 24.2 Å². The molecule has 5 N–H and O–H groups in total. The summed E-state index contributed by atoms with van der Waals surface area (Å²) in [6.07, 6.45) is -2.64. The van der Waals surface area contributed by atoms with E-state index in [-0.39, 0.29) is 29.4 Å². The second kappa shape index (κ2) is 6.31. The molecule has 1 aromatic carbocycles. The van der Waals surface area contributed by atoms with Crippen molar-refractivity contribution in [2.75, 3.05) is 12.3 Å². The standard InChI is InChI=1S/C12H17N3O5/c1-6-3-8(4-9(11(6)13)15(19)20)12(18)10(17)5-14-7(2)16/h3-4,10,12,17-18H,5,13H2,1-2H3,(H,14,16). The lowest BCUT2D eigenvalue weighted by Crippen LogP contribution is -2.34. The van der Waals surface area contributed by atoms with Crippen molar-refractivity contribution in [2.45, 2.75) is 26.1 Å². The molecule has 2 unspecified atom stereocenters. The van der Waals surface area contributed by atoms with Crippen molar-refractivity contribution < 1.29 is 19.9 Å². The number of benzene rings is 1. The van der Waals surface area contributed by atoms with Gasteiger partial charge in [-0.3, -0.25) is 14.9 Å². The number of hydrogen-bond acceptors (Lipinski definition) is 6. The molecule has 0 saturated carbocycles. The monoisotopic (exact) mass is 283 g/mol. The predicted molar refractivity (Wildman–Crippen MR) is 71.9 cm³/mol. The van der Waals surface area contributed by atoms with Gasteiger partial charge in [0.15, 0.2) is 0 Å². The normalized spacial score (nSPS) is 13.6. The van der Waals surface area contributed by atoms with Crippen molar-refractivity contribution in [1.29, 1.82) is 0 Å². The van der Waals surface area contributed by atoms with Crippen LogP contribution in [0.15, 0.2) is 12.1 Å². The van der Waals surface area contributed by atoms with Gasteiger partial charge in [-0.25, -0.2) is 0 Å². The van der Waals surface area contributed by atoms with E-state index in [1.807, 2.05) is 0 Å². The Kier molecular flexibility index (Phi) is 5.00. The summed E-state index contributed by atoms with van der Waals surface area (Å²) in [6, 6.07) is 2.58. The van der Waals surface area contributed by atoms with Gasteiger partial charge >= 0.3 is 0 Å². The van der Waals surface area contributed by atoms with Gasteiger partial charge in [0, 0.05) is 19.5 Å². The van der Waals surface area contributed by atoms with Crippen LogP contribution in [0.5, 0.6) is 0 Å². The molecule has 2 atom stereocenters. The Morgan fingerprint density at radius 1 is 1.50 bits per heavy atom. The average Bonchev–Trinajstić information content (AvgIpc) is 2.37. The van der Waals surface area contributed by atoms with Gasteiger partial charge in [-0.1, -0.05) is 6.07 Å². The maximum absolute atomic E-state index is 10.9. The summed E-state index contributed by atoms with van der Waals surface area (Å²) in [7, 11) is 0. The second-order valence-electron chi connectivity index (χ2n) is 4.48. The SMILES string of the molecule is CC(=O)NCC(O)C(O)c1cc(C)c(N)c([N+](=O)[O-])c1. The number of aliphatic hydroxyl groups excluding tert-OH is 2. The van der Waals surface area contributed by atoms with Crippen LogP contribution in [0, 0.1) is 17.0 Å². The lowest BCUT2D eigenvalue weighted by Gasteiger charge is -2.19. The number of aliphatic hydroxyl groups is 2. The molecule has 0 bridgehead atoms. The van der Waals surface area contributed by atoms with Gasteiger partial charge in [0.2, 0.25) is 5.91 Å². The molecule has 1 amide bonds. The fraction of sp³-hybridized carbons (Fsp3) is 0.417. The zero-order chi connectivity index (χ0) is 15.4. The fourth-order valence-corrected chi connectivity index (χ4v) is 1.71. The highest BCUT2D eigenvalue weighted by Gasteiger charge is 2.23. The molecule has 0 aliphatic heterocycles. The second-order valence-corrected chi connectivity index (χ2v) is 4.48. The number of nitrogens with one attached hydrogen (secondary N) is 1. The van der Waals surface area contributed by atoms with Gasteiger partial charge in [0.05, 0.1) is 4.92 Å². The molecule has 0 aromatic heterocycles. The van der Waals surface area contributed by atoms with Gasteiger partial charge in [0.25, 0.3) is 5.69 Å². The van der Waals surface area contributed by atoms with Crippen LogP contribution < -0.4 is 11.1 Å². The molecule has 1 aromatic rings. The zero-order valence-electron chi connectivity index (χ0n) is 11.2. The summed E-state index contributed by atoms with van der Waals surface area (Å²) < 4.78 is 0. The van der Waals surface area contributed by atoms with Crippen LogP contribution in [-0.4, -0.2) is 33.7 Å². The summed E-state index contributed by atoms with van der Waals surface area (Å²) in [6.45, 7) is 2.68. The minimum atomic E-state index is -1.36. The number of nitrogen functional groups attached to an aromatic ring is 1. The van der Waals surface area contributed by atoms with Crippen LogP contribution in [0.25, 0.3) is 0 Å². The first-order valence-electron chi connectivity index (χ1n) is 5.89. The van der Waals surface area contributed by atoms with E-state index >= 15 is 0 Å². The lowest BCUT2D eigenvalue weighted by molar-refractivity contribution is -0.384. The van der Waals surface area contributed by atoms with E-state index in [0.717, 1.165) is 6.07 Å². The summed E-state index contributed by atoms with van der Waals surface area (Å²) in [5.74, 6) is -0.351. The maximum Gasteiger partial charge on any atom is 0.292 e. The van der Waals surface area contributed by atoms with Gasteiger partial charge < -0.3 is 21.3 Å². The fourth-order valence-electron chi connectivity index (χ4n) is 1.71. The van der Waals surface area contributed by atoms with Crippen LogP contribution in [0.2, 0.25) is 0 Å². The van der Waals surface area contributed by atoms with E-state index in [2.05, 4.69) is 5.32 Å². The third kappa shape index (κ3) is 3.65. The van der Waals surface area contributed by atoms with Crippen molar-refractivity contribution in [3.8, 4) is 0 Å². The van der Waals surface area contributed by atoms with E-state index in [4.69, 9.17) is 5.73 Å². The molecule has 8 heteroatoms. The Hall–Kier alpha value is -2.19. The smallest absolute Gasteiger partial charge is 0.292 e. The molecule has 0 fully saturated rings. The van der Waals surface area contributed by atoms with Gasteiger partial charge in [-0.15, -0.1) is 0 Å². The zero-order valence-corrected chi connectivity index (χ0v) is 11.2. The molecule has 1 rings (SSSR count). The first kappa shape index (κ1) is 15.9. The third-order valence-corrected chi connectivity index (χ3v) is 2.85.